The van der Waals surface area contributed by atoms with Gasteiger partial charge in [-0.25, -0.2) is 0 Å². The number of likely N-dealkylation sites (tertiary alicyclic amines) is 1. The summed E-state index contributed by atoms with van der Waals surface area (Å²) in [7, 11) is 0. The van der Waals surface area contributed by atoms with Gasteiger partial charge in [-0.2, -0.15) is 0 Å². The quantitative estimate of drug-likeness (QED) is 0.688. The molecule has 1 aromatic carbocycles. The summed E-state index contributed by atoms with van der Waals surface area (Å²) in [6, 6.07) is 6.86. The van der Waals surface area contributed by atoms with Crippen molar-refractivity contribution in [3.8, 4) is 0 Å². The van der Waals surface area contributed by atoms with Gasteiger partial charge in [0.25, 0.3) is 0 Å². The first-order chi connectivity index (χ1) is 8.56. The summed E-state index contributed by atoms with van der Waals surface area (Å²) in [4.78, 5) is 14.0. The topological polar surface area (TPSA) is 78.6 Å². The molecule has 98 valence electrons. The lowest BCUT2D eigenvalue weighted by molar-refractivity contribution is -0.120. The van der Waals surface area contributed by atoms with Crippen LogP contribution in [-0.2, 0) is 4.79 Å². The van der Waals surface area contributed by atoms with Crippen LogP contribution in [-0.4, -0.2) is 41.1 Å². The molecule has 1 heterocycles. The maximum Gasteiger partial charge on any atom is 0.241 e. The monoisotopic (exact) mass is 249 g/mol. The first kappa shape index (κ1) is 12.9. The number of hydrogen-bond donors (Lipinski definition) is 3. The van der Waals surface area contributed by atoms with Crippen molar-refractivity contribution in [3.05, 3.63) is 24.3 Å². The predicted octanol–water partition coefficient (Wildman–Crippen LogP) is 0.662. The van der Waals surface area contributed by atoms with Crippen LogP contribution < -0.4 is 11.1 Å². The number of amides is 1. The van der Waals surface area contributed by atoms with E-state index in [1.807, 2.05) is 11.8 Å². The van der Waals surface area contributed by atoms with Crippen molar-refractivity contribution in [3.63, 3.8) is 0 Å². The normalized spacial score (nSPS) is 21.8. The summed E-state index contributed by atoms with van der Waals surface area (Å²) in [5.74, 6) is -0.0744. The Bertz CT molecular complexity index is 436. The van der Waals surface area contributed by atoms with E-state index in [0.717, 1.165) is 13.0 Å². The first-order valence-electron chi connectivity index (χ1n) is 6.15. The number of nitrogens with zero attached hydrogens (tertiary/aromatic N) is 1. The van der Waals surface area contributed by atoms with Gasteiger partial charge in [0.1, 0.15) is 0 Å². The highest BCUT2D eigenvalue weighted by molar-refractivity contribution is 5.94. The molecule has 2 rings (SSSR count). The Morgan fingerprint density at radius 2 is 2.39 bits per heavy atom. The molecule has 1 aliphatic heterocycles. The zero-order chi connectivity index (χ0) is 13.1. The van der Waals surface area contributed by atoms with Crippen molar-refractivity contribution in [2.45, 2.75) is 25.5 Å². The first-order valence-corrected chi connectivity index (χ1v) is 6.15. The molecule has 0 spiro atoms. The number of rotatable bonds is 3. The second-order valence-corrected chi connectivity index (χ2v) is 4.73. The number of anilines is 2. The van der Waals surface area contributed by atoms with E-state index < -0.39 is 0 Å². The molecule has 18 heavy (non-hydrogen) atoms. The third-order valence-corrected chi connectivity index (χ3v) is 3.28. The fourth-order valence-electron chi connectivity index (χ4n) is 2.15. The number of nitrogens with two attached hydrogens (primary N) is 1. The van der Waals surface area contributed by atoms with Gasteiger partial charge in [-0.1, -0.05) is 6.07 Å². The molecular weight excluding hydrogens is 230 g/mol. The van der Waals surface area contributed by atoms with Gasteiger partial charge in [0.05, 0.1) is 12.1 Å². The van der Waals surface area contributed by atoms with Crippen molar-refractivity contribution in [1.29, 1.82) is 0 Å². The lowest BCUT2D eigenvalue weighted by atomic mass is 10.2. The van der Waals surface area contributed by atoms with Gasteiger partial charge in [-0.3, -0.25) is 9.69 Å². The van der Waals surface area contributed by atoms with E-state index in [4.69, 9.17) is 5.73 Å². The Morgan fingerprint density at radius 1 is 1.61 bits per heavy atom. The van der Waals surface area contributed by atoms with Gasteiger partial charge >= 0.3 is 0 Å². The summed E-state index contributed by atoms with van der Waals surface area (Å²) in [6.45, 7) is 3.16. The molecule has 1 aromatic rings. The van der Waals surface area contributed by atoms with E-state index in [-0.39, 0.29) is 18.1 Å². The van der Waals surface area contributed by atoms with Gasteiger partial charge < -0.3 is 16.2 Å². The standard InChI is InChI=1S/C13H19N3O2/c1-9(16-6-5-12(17)8-16)13(18)15-11-4-2-3-10(14)7-11/h2-4,7,9,12,17H,5-6,8,14H2,1H3,(H,15,18). The maximum atomic E-state index is 12.0. The SMILES string of the molecule is CC(C(=O)Nc1cccc(N)c1)N1CCC(O)C1. The summed E-state index contributed by atoms with van der Waals surface area (Å²) < 4.78 is 0. The molecule has 1 fully saturated rings. The fraction of sp³-hybridized carbons (Fsp3) is 0.462. The number of carbonyl (C=O) groups is 1. The number of benzene rings is 1. The van der Waals surface area contributed by atoms with Gasteiger partial charge in [-0.15, -0.1) is 0 Å². The molecule has 1 amide bonds. The molecule has 2 unspecified atom stereocenters. The lowest BCUT2D eigenvalue weighted by Crippen LogP contribution is -2.41. The Balaban J connectivity index is 1.95. The van der Waals surface area contributed by atoms with Crippen LogP contribution in [0.5, 0.6) is 0 Å². The maximum absolute atomic E-state index is 12.0. The number of aliphatic hydroxyl groups is 1. The number of carbonyl (C=O) groups excluding carboxylic acids is 1. The predicted molar refractivity (Wildman–Crippen MR) is 71.1 cm³/mol. The number of β-amino-alcohol motifs (C(OH)–C–C–N with tert-alkyl or cyclic N) is 1. The Morgan fingerprint density at radius 3 is 3.00 bits per heavy atom. The van der Waals surface area contributed by atoms with Gasteiger partial charge in [-0.05, 0) is 31.5 Å². The molecule has 0 bridgehead atoms. The minimum Gasteiger partial charge on any atom is -0.399 e. The molecular formula is C13H19N3O2. The number of nitrogens with one attached hydrogen (secondary N) is 1. The van der Waals surface area contributed by atoms with E-state index in [9.17, 15) is 9.90 Å². The Kier molecular flexibility index (Phi) is 3.84. The van der Waals surface area contributed by atoms with Crippen LogP contribution >= 0.6 is 0 Å². The molecule has 5 heteroatoms. The second kappa shape index (κ2) is 5.37. The number of nitrogen functional groups attached to an aromatic ring is 1. The molecule has 0 saturated carbocycles. The summed E-state index contributed by atoms with van der Waals surface area (Å²) in [5.41, 5.74) is 6.98. The zero-order valence-corrected chi connectivity index (χ0v) is 10.5. The van der Waals surface area contributed by atoms with Gasteiger partial charge in [0.15, 0.2) is 0 Å². The van der Waals surface area contributed by atoms with E-state index in [1.165, 1.54) is 0 Å². The molecule has 5 nitrogen and oxygen atoms in total. The highest BCUT2D eigenvalue weighted by atomic mass is 16.3. The molecule has 1 aliphatic rings. The summed E-state index contributed by atoms with van der Waals surface area (Å²) >= 11 is 0. The Hall–Kier alpha value is -1.59. The molecule has 0 radical (unpaired) electrons. The number of hydrogen-bond acceptors (Lipinski definition) is 4. The molecule has 2 atom stereocenters. The smallest absolute Gasteiger partial charge is 0.241 e. The molecule has 1 saturated heterocycles. The number of aliphatic hydroxyl groups excluding tert-OH is 1. The van der Waals surface area contributed by atoms with Crippen LogP contribution in [0.4, 0.5) is 11.4 Å². The van der Waals surface area contributed by atoms with Crippen LogP contribution in [0, 0.1) is 0 Å². The third kappa shape index (κ3) is 3.00. The average Bonchev–Trinajstić information content (AvgIpc) is 2.75. The fourth-order valence-corrected chi connectivity index (χ4v) is 2.15. The molecule has 4 N–H and O–H groups in total. The molecule has 0 aliphatic carbocycles. The summed E-state index contributed by atoms with van der Waals surface area (Å²) in [6.07, 6.45) is 0.420. The summed E-state index contributed by atoms with van der Waals surface area (Å²) in [5, 5.41) is 12.3. The van der Waals surface area contributed by atoms with Crippen molar-refractivity contribution in [2.75, 3.05) is 24.1 Å². The van der Waals surface area contributed by atoms with Gasteiger partial charge in [0, 0.05) is 24.5 Å². The van der Waals surface area contributed by atoms with E-state index in [2.05, 4.69) is 5.32 Å². The van der Waals surface area contributed by atoms with Crippen LogP contribution in [0.2, 0.25) is 0 Å². The Labute approximate surface area is 107 Å². The van der Waals surface area contributed by atoms with Crippen molar-refractivity contribution in [2.24, 2.45) is 0 Å². The van der Waals surface area contributed by atoms with Crippen LogP contribution in [0.15, 0.2) is 24.3 Å². The van der Waals surface area contributed by atoms with E-state index in [1.54, 1.807) is 24.3 Å². The van der Waals surface area contributed by atoms with Crippen molar-refractivity contribution in [1.82, 2.24) is 4.90 Å². The van der Waals surface area contributed by atoms with Crippen LogP contribution in [0.3, 0.4) is 0 Å². The molecule has 0 aromatic heterocycles. The van der Waals surface area contributed by atoms with Gasteiger partial charge in [0.2, 0.25) is 5.91 Å². The largest absolute Gasteiger partial charge is 0.399 e. The van der Waals surface area contributed by atoms with E-state index >= 15 is 0 Å². The highest BCUT2D eigenvalue weighted by Crippen LogP contribution is 2.16. The average molecular weight is 249 g/mol. The van der Waals surface area contributed by atoms with Crippen LogP contribution in [0.1, 0.15) is 13.3 Å². The zero-order valence-electron chi connectivity index (χ0n) is 10.5. The van der Waals surface area contributed by atoms with E-state index in [0.29, 0.717) is 17.9 Å². The minimum atomic E-state index is -0.312. The van der Waals surface area contributed by atoms with Crippen LogP contribution in [0.25, 0.3) is 0 Å². The van der Waals surface area contributed by atoms with Crippen molar-refractivity contribution < 1.29 is 9.90 Å². The third-order valence-electron chi connectivity index (χ3n) is 3.28. The highest BCUT2D eigenvalue weighted by Gasteiger charge is 2.28. The van der Waals surface area contributed by atoms with Crippen molar-refractivity contribution >= 4 is 17.3 Å². The lowest BCUT2D eigenvalue weighted by Gasteiger charge is -2.22. The second-order valence-electron chi connectivity index (χ2n) is 4.73. The minimum absolute atomic E-state index is 0.0744.